The molecule has 9 heteroatoms. The summed E-state index contributed by atoms with van der Waals surface area (Å²) in [6, 6.07) is 5.58. The largest absolute Gasteiger partial charge is 0.573 e. The fourth-order valence-electron chi connectivity index (χ4n) is 1.99. The first-order valence-corrected chi connectivity index (χ1v) is 7.77. The highest BCUT2D eigenvalue weighted by atomic mass is 19.4. The van der Waals surface area contributed by atoms with Crippen molar-refractivity contribution in [3.63, 3.8) is 0 Å². The third-order valence-corrected chi connectivity index (χ3v) is 3.07. The van der Waals surface area contributed by atoms with Crippen LogP contribution in [-0.2, 0) is 16.1 Å². The molecule has 2 amide bonds. The number of hydrogen-bond donors (Lipinski definition) is 2. The van der Waals surface area contributed by atoms with Crippen LogP contribution in [0.25, 0.3) is 0 Å². The number of halogens is 3. The normalized spacial score (nSPS) is 11.3. The average Bonchev–Trinajstić information content (AvgIpc) is 2.50. The van der Waals surface area contributed by atoms with E-state index < -0.39 is 12.3 Å². The molecule has 0 heterocycles. The Balaban J connectivity index is 2.47. The second-order valence-corrected chi connectivity index (χ2v) is 5.45. The summed E-state index contributed by atoms with van der Waals surface area (Å²) in [4.78, 5) is 24.9. The Hall–Kier alpha value is -2.29. The van der Waals surface area contributed by atoms with Crippen LogP contribution in [-0.4, -0.2) is 49.8 Å². The molecule has 0 aromatic heterocycles. The van der Waals surface area contributed by atoms with Crippen LogP contribution in [0, 0.1) is 0 Å². The fraction of sp³-hybridized carbons (Fsp3) is 0.500. The molecule has 0 saturated carbocycles. The van der Waals surface area contributed by atoms with Gasteiger partial charge in [-0.05, 0) is 19.5 Å². The smallest absolute Gasteiger partial charge is 0.405 e. The van der Waals surface area contributed by atoms with Crippen molar-refractivity contribution in [3.8, 4) is 5.75 Å². The summed E-state index contributed by atoms with van der Waals surface area (Å²) in [7, 11) is 1.60. The molecule has 0 radical (unpaired) electrons. The minimum Gasteiger partial charge on any atom is -0.405 e. The van der Waals surface area contributed by atoms with Crippen molar-refractivity contribution in [2.24, 2.45) is 0 Å². The summed E-state index contributed by atoms with van der Waals surface area (Å²) in [5, 5.41) is 5.20. The number of alkyl halides is 3. The highest BCUT2D eigenvalue weighted by molar-refractivity contribution is 5.81. The lowest BCUT2D eigenvalue weighted by molar-refractivity contribution is -0.274. The van der Waals surface area contributed by atoms with Gasteiger partial charge in [0.25, 0.3) is 0 Å². The van der Waals surface area contributed by atoms with E-state index in [-0.39, 0.29) is 36.9 Å². The van der Waals surface area contributed by atoms with Crippen molar-refractivity contribution >= 4 is 11.8 Å². The van der Waals surface area contributed by atoms with Gasteiger partial charge in [-0.1, -0.05) is 25.1 Å². The molecule has 0 bridgehead atoms. The van der Waals surface area contributed by atoms with Crippen LogP contribution in [0.5, 0.6) is 5.75 Å². The summed E-state index contributed by atoms with van der Waals surface area (Å²) < 4.78 is 41.0. The number of amides is 2. The minimum absolute atomic E-state index is 0.0537. The highest BCUT2D eigenvalue weighted by Crippen LogP contribution is 2.25. The van der Waals surface area contributed by atoms with Gasteiger partial charge in [-0.2, -0.15) is 0 Å². The lowest BCUT2D eigenvalue weighted by Crippen LogP contribution is -2.40. The molecule has 2 N–H and O–H groups in total. The monoisotopic (exact) mass is 361 g/mol. The molecular weight excluding hydrogens is 339 g/mol. The SMILES string of the molecule is CCCNC(=O)CN(C)CC(=O)NCc1ccccc1OC(F)(F)F. The zero-order valence-electron chi connectivity index (χ0n) is 14.2. The lowest BCUT2D eigenvalue weighted by atomic mass is 10.2. The predicted octanol–water partition coefficient (Wildman–Crippen LogP) is 1.66. The van der Waals surface area contributed by atoms with Crippen LogP contribution < -0.4 is 15.4 Å². The zero-order chi connectivity index (χ0) is 18.9. The van der Waals surface area contributed by atoms with Crippen molar-refractivity contribution in [2.75, 3.05) is 26.7 Å². The van der Waals surface area contributed by atoms with Gasteiger partial charge >= 0.3 is 6.36 Å². The van der Waals surface area contributed by atoms with E-state index in [0.717, 1.165) is 6.42 Å². The third-order valence-electron chi connectivity index (χ3n) is 3.07. The molecule has 0 atom stereocenters. The Morgan fingerprint density at radius 3 is 2.32 bits per heavy atom. The van der Waals surface area contributed by atoms with Crippen LogP contribution in [0.15, 0.2) is 24.3 Å². The minimum atomic E-state index is -4.80. The van der Waals surface area contributed by atoms with E-state index in [0.29, 0.717) is 6.54 Å². The van der Waals surface area contributed by atoms with E-state index in [2.05, 4.69) is 15.4 Å². The summed E-state index contributed by atoms with van der Waals surface area (Å²) in [5.41, 5.74) is 0.205. The molecule has 0 spiro atoms. The Kier molecular flexibility index (Phi) is 8.20. The number of nitrogens with zero attached hydrogens (tertiary/aromatic N) is 1. The van der Waals surface area contributed by atoms with Gasteiger partial charge in [-0.25, -0.2) is 0 Å². The van der Waals surface area contributed by atoms with Gasteiger partial charge in [-0.3, -0.25) is 14.5 Å². The topological polar surface area (TPSA) is 70.7 Å². The summed E-state index contributed by atoms with van der Waals surface area (Å²) >= 11 is 0. The number of carbonyl (C=O) groups is 2. The molecule has 140 valence electrons. The van der Waals surface area contributed by atoms with Crippen LogP contribution in [0.1, 0.15) is 18.9 Å². The van der Waals surface area contributed by atoms with Crippen molar-refractivity contribution in [2.45, 2.75) is 26.3 Å². The Morgan fingerprint density at radius 2 is 1.72 bits per heavy atom. The van der Waals surface area contributed by atoms with E-state index in [9.17, 15) is 22.8 Å². The number of rotatable bonds is 9. The molecule has 0 aliphatic carbocycles. The second kappa shape index (κ2) is 9.87. The standard InChI is InChI=1S/C16H22F3N3O3/c1-3-8-20-14(23)10-22(2)11-15(24)21-9-12-6-4-5-7-13(12)25-16(17,18)19/h4-7H,3,8-11H2,1-2H3,(H,20,23)(H,21,24). The van der Waals surface area contributed by atoms with E-state index in [1.807, 2.05) is 6.92 Å². The average molecular weight is 361 g/mol. The Bertz CT molecular complexity index is 579. The molecule has 0 saturated heterocycles. The van der Waals surface area contributed by atoms with Gasteiger partial charge in [0.1, 0.15) is 5.75 Å². The molecule has 0 unspecified atom stereocenters. The molecule has 0 aliphatic heterocycles. The van der Waals surface area contributed by atoms with Crippen molar-refractivity contribution < 1.29 is 27.5 Å². The number of ether oxygens (including phenoxy) is 1. The Labute approximate surface area is 144 Å². The van der Waals surface area contributed by atoms with Gasteiger partial charge in [0.2, 0.25) is 11.8 Å². The van der Waals surface area contributed by atoms with Crippen LogP contribution >= 0.6 is 0 Å². The molecule has 0 fully saturated rings. The van der Waals surface area contributed by atoms with Crippen molar-refractivity contribution in [1.29, 1.82) is 0 Å². The first-order chi connectivity index (χ1) is 11.7. The molecular formula is C16H22F3N3O3. The molecule has 1 aromatic carbocycles. The number of nitrogens with one attached hydrogen (secondary N) is 2. The molecule has 0 aliphatic rings. The molecule has 1 aromatic rings. The van der Waals surface area contributed by atoms with Crippen molar-refractivity contribution in [1.82, 2.24) is 15.5 Å². The second-order valence-electron chi connectivity index (χ2n) is 5.45. The van der Waals surface area contributed by atoms with E-state index in [1.165, 1.54) is 23.1 Å². The van der Waals surface area contributed by atoms with Gasteiger partial charge in [0.05, 0.1) is 13.1 Å². The maximum atomic E-state index is 12.3. The predicted molar refractivity (Wildman–Crippen MR) is 85.8 cm³/mol. The fourth-order valence-corrected chi connectivity index (χ4v) is 1.99. The quantitative estimate of drug-likeness (QED) is 0.702. The van der Waals surface area contributed by atoms with Crippen LogP contribution in [0.4, 0.5) is 13.2 Å². The third kappa shape index (κ3) is 8.94. The highest BCUT2D eigenvalue weighted by Gasteiger charge is 2.31. The number of likely N-dealkylation sites (N-methyl/N-ethyl adjacent to an activating group) is 1. The maximum Gasteiger partial charge on any atom is 0.573 e. The number of carbonyl (C=O) groups excluding carboxylic acids is 2. The summed E-state index contributed by atoms with van der Waals surface area (Å²) in [5.74, 6) is -0.962. The zero-order valence-corrected chi connectivity index (χ0v) is 14.2. The van der Waals surface area contributed by atoms with E-state index in [4.69, 9.17) is 0 Å². The van der Waals surface area contributed by atoms with Crippen LogP contribution in [0.3, 0.4) is 0 Å². The van der Waals surface area contributed by atoms with Gasteiger partial charge in [-0.15, -0.1) is 13.2 Å². The maximum absolute atomic E-state index is 12.3. The lowest BCUT2D eigenvalue weighted by Gasteiger charge is -2.17. The molecule has 1 rings (SSSR count). The van der Waals surface area contributed by atoms with E-state index >= 15 is 0 Å². The summed E-state index contributed by atoms with van der Waals surface area (Å²) in [6.07, 6.45) is -3.98. The first kappa shape index (κ1) is 20.8. The number of benzene rings is 1. The van der Waals surface area contributed by atoms with Crippen molar-refractivity contribution in [3.05, 3.63) is 29.8 Å². The Morgan fingerprint density at radius 1 is 1.12 bits per heavy atom. The first-order valence-electron chi connectivity index (χ1n) is 7.77. The van der Waals surface area contributed by atoms with E-state index in [1.54, 1.807) is 13.1 Å². The van der Waals surface area contributed by atoms with Crippen LogP contribution in [0.2, 0.25) is 0 Å². The summed E-state index contributed by atoms with van der Waals surface area (Å²) in [6.45, 7) is 2.39. The number of hydrogen-bond acceptors (Lipinski definition) is 4. The van der Waals surface area contributed by atoms with Gasteiger partial charge in [0.15, 0.2) is 0 Å². The molecule has 25 heavy (non-hydrogen) atoms. The molecule has 6 nitrogen and oxygen atoms in total. The van der Waals surface area contributed by atoms with Gasteiger partial charge < -0.3 is 15.4 Å². The van der Waals surface area contributed by atoms with Gasteiger partial charge in [0, 0.05) is 18.7 Å². The number of para-hydroxylation sites is 1.